The lowest BCUT2D eigenvalue weighted by Gasteiger charge is -2.01. The molecule has 0 unspecified atom stereocenters. The van der Waals surface area contributed by atoms with E-state index in [4.69, 9.17) is 10.6 Å². The van der Waals surface area contributed by atoms with Gasteiger partial charge >= 0.3 is 5.91 Å². The van der Waals surface area contributed by atoms with Crippen LogP contribution >= 0.6 is 0 Å². The first-order chi connectivity index (χ1) is 6.69. The van der Waals surface area contributed by atoms with Crippen molar-refractivity contribution in [2.45, 2.75) is 0 Å². The van der Waals surface area contributed by atoms with Crippen molar-refractivity contribution in [1.29, 1.82) is 0 Å². The predicted octanol–water partition coefficient (Wildman–Crippen LogP) is -0.132. The molecule has 0 saturated heterocycles. The van der Waals surface area contributed by atoms with Crippen LogP contribution in [-0.4, -0.2) is 18.8 Å². The van der Waals surface area contributed by atoms with E-state index in [9.17, 15) is 9.59 Å². The molecule has 74 valence electrons. The second kappa shape index (κ2) is 4.38. The highest BCUT2D eigenvalue weighted by Crippen LogP contribution is 2.11. The molecule has 0 aliphatic rings. The van der Waals surface area contributed by atoms with Crippen LogP contribution in [-0.2, 0) is 4.79 Å². The van der Waals surface area contributed by atoms with Crippen LogP contribution in [0.4, 0.5) is 0 Å². The monoisotopic (exact) mass is 194 g/mol. The Morgan fingerprint density at radius 3 is 2.29 bits per heavy atom. The fourth-order valence-corrected chi connectivity index (χ4v) is 0.939. The Morgan fingerprint density at radius 2 is 1.86 bits per heavy atom. The minimum absolute atomic E-state index is 0.272. The van der Waals surface area contributed by atoms with E-state index in [0.29, 0.717) is 5.75 Å². The van der Waals surface area contributed by atoms with Gasteiger partial charge in [-0.3, -0.25) is 15.0 Å². The van der Waals surface area contributed by atoms with Crippen molar-refractivity contribution in [3.05, 3.63) is 29.8 Å². The normalized spacial score (nSPS) is 9.29. The van der Waals surface area contributed by atoms with Crippen LogP contribution in [0, 0.1) is 0 Å². The first-order valence-electron chi connectivity index (χ1n) is 3.88. The molecule has 0 fully saturated rings. The first-order valence-corrected chi connectivity index (χ1v) is 3.88. The number of benzene rings is 1. The third-order valence-electron chi connectivity index (χ3n) is 1.69. The Hall–Kier alpha value is -1.88. The number of Topliss-reactive ketones (excluding diaryl/α,β-unsaturated/α-hetero) is 1. The minimum Gasteiger partial charge on any atom is -0.497 e. The molecule has 0 aliphatic carbocycles. The minimum atomic E-state index is -0.838. The molecule has 0 atom stereocenters. The van der Waals surface area contributed by atoms with E-state index in [1.165, 1.54) is 19.2 Å². The fraction of sp³-hybridized carbons (Fsp3) is 0.111. The number of ether oxygens (including phenoxy) is 1. The molecule has 0 radical (unpaired) electrons. The molecule has 14 heavy (non-hydrogen) atoms. The van der Waals surface area contributed by atoms with Gasteiger partial charge in [-0.15, -0.1) is 0 Å². The number of rotatable bonds is 3. The number of hydrazine groups is 1. The highest BCUT2D eigenvalue weighted by Gasteiger charge is 2.13. The van der Waals surface area contributed by atoms with Crippen LogP contribution in [0.2, 0.25) is 0 Å². The fourth-order valence-electron chi connectivity index (χ4n) is 0.939. The van der Waals surface area contributed by atoms with Crippen molar-refractivity contribution >= 4 is 11.7 Å². The summed E-state index contributed by atoms with van der Waals surface area (Å²) in [5, 5.41) is 0. The summed E-state index contributed by atoms with van der Waals surface area (Å²) in [6.45, 7) is 0. The van der Waals surface area contributed by atoms with Gasteiger partial charge in [-0.1, -0.05) is 0 Å². The largest absolute Gasteiger partial charge is 0.497 e. The molecule has 1 rings (SSSR count). The van der Waals surface area contributed by atoms with Crippen molar-refractivity contribution in [1.82, 2.24) is 5.43 Å². The van der Waals surface area contributed by atoms with Gasteiger partial charge < -0.3 is 4.74 Å². The lowest BCUT2D eigenvalue weighted by Crippen LogP contribution is -2.36. The molecule has 5 heteroatoms. The molecular formula is C9H10N2O3. The lowest BCUT2D eigenvalue weighted by molar-refractivity contribution is -0.117. The first kappa shape index (κ1) is 10.2. The molecule has 1 amide bonds. The number of methoxy groups -OCH3 is 1. The Labute approximate surface area is 80.8 Å². The molecule has 0 saturated carbocycles. The molecule has 0 aliphatic heterocycles. The van der Waals surface area contributed by atoms with Gasteiger partial charge in [0.1, 0.15) is 5.75 Å². The maximum atomic E-state index is 11.2. The summed E-state index contributed by atoms with van der Waals surface area (Å²) >= 11 is 0. The Balaban J connectivity index is 2.87. The van der Waals surface area contributed by atoms with Gasteiger partial charge in [-0.05, 0) is 24.3 Å². The summed E-state index contributed by atoms with van der Waals surface area (Å²) in [6, 6.07) is 6.18. The second-order valence-electron chi connectivity index (χ2n) is 2.53. The van der Waals surface area contributed by atoms with Crippen molar-refractivity contribution < 1.29 is 14.3 Å². The molecule has 0 bridgehead atoms. The zero-order chi connectivity index (χ0) is 10.6. The number of hydrogen-bond donors (Lipinski definition) is 2. The number of nitrogens with one attached hydrogen (secondary N) is 1. The zero-order valence-corrected chi connectivity index (χ0v) is 7.61. The third kappa shape index (κ3) is 2.08. The summed E-state index contributed by atoms with van der Waals surface area (Å²) < 4.78 is 4.90. The van der Waals surface area contributed by atoms with Gasteiger partial charge in [0, 0.05) is 5.56 Å². The third-order valence-corrected chi connectivity index (χ3v) is 1.69. The van der Waals surface area contributed by atoms with E-state index in [-0.39, 0.29) is 5.56 Å². The summed E-state index contributed by atoms with van der Waals surface area (Å²) in [4.78, 5) is 22.1. The Kier molecular flexibility index (Phi) is 3.19. The molecule has 1 aromatic rings. The van der Waals surface area contributed by atoms with E-state index >= 15 is 0 Å². The van der Waals surface area contributed by atoms with Crippen LogP contribution in [0.25, 0.3) is 0 Å². The Bertz CT molecular complexity index is 346. The van der Waals surface area contributed by atoms with E-state index in [1.54, 1.807) is 17.6 Å². The molecule has 3 N–H and O–H groups in total. The van der Waals surface area contributed by atoms with Crippen molar-refractivity contribution in [3.8, 4) is 5.75 Å². The van der Waals surface area contributed by atoms with Crippen LogP contribution in [0.15, 0.2) is 24.3 Å². The SMILES string of the molecule is COc1ccc(C(=O)C(=O)NN)cc1. The number of hydrogen-bond acceptors (Lipinski definition) is 4. The van der Waals surface area contributed by atoms with Crippen LogP contribution in [0.5, 0.6) is 5.75 Å². The average molecular weight is 194 g/mol. The summed E-state index contributed by atoms with van der Waals surface area (Å²) in [7, 11) is 1.52. The predicted molar refractivity (Wildman–Crippen MR) is 49.7 cm³/mol. The van der Waals surface area contributed by atoms with Gasteiger partial charge in [0.05, 0.1) is 7.11 Å². The summed E-state index contributed by atoms with van der Waals surface area (Å²) in [5.74, 6) is 3.93. The maximum absolute atomic E-state index is 11.2. The van der Waals surface area contributed by atoms with E-state index in [1.807, 2.05) is 0 Å². The smallest absolute Gasteiger partial charge is 0.306 e. The molecule has 0 heterocycles. The number of ketones is 1. The zero-order valence-electron chi connectivity index (χ0n) is 7.61. The van der Waals surface area contributed by atoms with Gasteiger partial charge in [0.15, 0.2) is 0 Å². The number of amides is 1. The van der Waals surface area contributed by atoms with Crippen LogP contribution < -0.4 is 16.0 Å². The highest BCUT2D eigenvalue weighted by atomic mass is 16.5. The van der Waals surface area contributed by atoms with Gasteiger partial charge in [-0.25, -0.2) is 5.84 Å². The lowest BCUT2D eigenvalue weighted by atomic mass is 10.1. The molecular weight excluding hydrogens is 184 g/mol. The number of carbonyl (C=O) groups is 2. The van der Waals surface area contributed by atoms with E-state index < -0.39 is 11.7 Å². The summed E-state index contributed by atoms with van der Waals surface area (Å²) in [5.41, 5.74) is 2.04. The molecule has 0 aromatic heterocycles. The maximum Gasteiger partial charge on any atom is 0.306 e. The topological polar surface area (TPSA) is 81.4 Å². The molecule has 1 aromatic carbocycles. The number of nitrogens with two attached hydrogens (primary N) is 1. The molecule has 5 nitrogen and oxygen atoms in total. The van der Waals surface area contributed by atoms with Gasteiger partial charge in [0.25, 0.3) is 5.78 Å². The van der Waals surface area contributed by atoms with Crippen molar-refractivity contribution in [3.63, 3.8) is 0 Å². The van der Waals surface area contributed by atoms with Crippen LogP contribution in [0.3, 0.4) is 0 Å². The highest BCUT2D eigenvalue weighted by molar-refractivity contribution is 6.42. The Morgan fingerprint density at radius 1 is 1.29 bits per heavy atom. The standard InChI is InChI=1S/C9H10N2O3/c1-14-7-4-2-6(3-5-7)8(12)9(13)11-10/h2-5H,10H2,1H3,(H,11,13). The van der Waals surface area contributed by atoms with Crippen LogP contribution in [0.1, 0.15) is 10.4 Å². The van der Waals surface area contributed by atoms with Gasteiger partial charge in [-0.2, -0.15) is 0 Å². The molecule has 0 spiro atoms. The quantitative estimate of drug-likeness (QED) is 0.231. The van der Waals surface area contributed by atoms with Crippen molar-refractivity contribution in [2.24, 2.45) is 5.84 Å². The summed E-state index contributed by atoms with van der Waals surface area (Å²) in [6.07, 6.45) is 0. The average Bonchev–Trinajstić information content (AvgIpc) is 2.27. The number of carbonyl (C=O) groups excluding carboxylic acids is 2. The second-order valence-corrected chi connectivity index (χ2v) is 2.53. The van der Waals surface area contributed by atoms with E-state index in [0.717, 1.165) is 0 Å². The van der Waals surface area contributed by atoms with E-state index in [2.05, 4.69) is 0 Å². The van der Waals surface area contributed by atoms with Gasteiger partial charge in [0.2, 0.25) is 0 Å². The van der Waals surface area contributed by atoms with Crippen molar-refractivity contribution in [2.75, 3.05) is 7.11 Å².